The van der Waals surface area contributed by atoms with E-state index in [0.29, 0.717) is 24.4 Å². The molecule has 0 spiro atoms. The maximum atomic E-state index is 13.3. The summed E-state index contributed by atoms with van der Waals surface area (Å²) >= 11 is 0. The van der Waals surface area contributed by atoms with E-state index in [-0.39, 0.29) is 17.9 Å². The summed E-state index contributed by atoms with van der Waals surface area (Å²) < 4.78 is 6.87. The van der Waals surface area contributed by atoms with E-state index >= 15 is 0 Å². The molecule has 2 heterocycles. The van der Waals surface area contributed by atoms with Crippen molar-refractivity contribution in [1.29, 1.82) is 0 Å². The summed E-state index contributed by atoms with van der Waals surface area (Å²) in [5, 5.41) is 0. The molecule has 0 N–H and O–H groups in total. The minimum Gasteiger partial charge on any atom is -0.465 e. The summed E-state index contributed by atoms with van der Waals surface area (Å²) in [6.07, 6.45) is 9.70. The molecule has 1 aromatic carbocycles. The summed E-state index contributed by atoms with van der Waals surface area (Å²) in [6.45, 7) is 8.87. The smallest absolute Gasteiger partial charge is 0.337 e. The molecule has 36 heavy (non-hydrogen) atoms. The van der Waals surface area contributed by atoms with Crippen LogP contribution in [0.5, 0.6) is 0 Å². The number of nitrogens with zero attached hydrogens (tertiary/aromatic N) is 4. The molecule has 3 amide bonds. The highest BCUT2D eigenvalue weighted by Crippen LogP contribution is 2.26. The van der Waals surface area contributed by atoms with Crippen LogP contribution in [0.15, 0.2) is 47.9 Å². The molecule has 1 aromatic heterocycles. The van der Waals surface area contributed by atoms with Gasteiger partial charge in [-0.25, -0.2) is 14.6 Å². The number of unbranched alkanes of at least 4 members (excludes halogenated alkanes) is 2. The van der Waals surface area contributed by atoms with Crippen molar-refractivity contribution in [2.45, 2.75) is 66.3 Å². The number of carbonyl (C=O) groups excluding carboxylic acids is 3. The highest BCUT2D eigenvalue weighted by molar-refractivity contribution is 6.14. The molecule has 3 rings (SSSR count). The predicted octanol–water partition coefficient (Wildman–Crippen LogP) is 5.39. The number of esters is 1. The van der Waals surface area contributed by atoms with E-state index in [1.807, 2.05) is 32.9 Å². The molecule has 8 nitrogen and oxygen atoms in total. The number of ether oxygens (including phenoxy) is 1. The summed E-state index contributed by atoms with van der Waals surface area (Å²) in [4.78, 5) is 45.6. The Kier molecular flexibility index (Phi) is 9.22. The van der Waals surface area contributed by atoms with Crippen molar-refractivity contribution >= 4 is 24.0 Å². The Morgan fingerprint density at radius 2 is 1.75 bits per heavy atom. The number of allylic oxidation sites excluding steroid dienone is 1. The highest BCUT2D eigenvalue weighted by atomic mass is 16.5. The quantitative estimate of drug-likeness (QED) is 0.239. The Labute approximate surface area is 213 Å². The Morgan fingerprint density at radius 1 is 1.06 bits per heavy atom. The first-order chi connectivity index (χ1) is 17.3. The fraction of sp³-hybridized carbons (Fsp3) is 0.429. The fourth-order valence-corrected chi connectivity index (χ4v) is 4.04. The average Bonchev–Trinajstić information content (AvgIpc) is 3.34. The normalized spacial score (nSPS) is 14.6. The van der Waals surface area contributed by atoms with Gasteiger partial charge in [0.25, 0.3) is 5.91 Å². The third kappa shape index (κ3) is 6.11. The number of aryl methyl sites for hydroxylation is 1. The van der Waals surface area contributed by atoms with Crippen molar-refractivity contribution in [2.75, 3.05) is 13.7 Å². The molecule has 1 aliphatic rings. The van der Waals surface area contributed by atoms with E-state index in [2.05, 4.69) is 16.5 Å². The number of carbonyl (C=O) groups is 3. The van der Waals surface area contributed by atoms with Gasteiger partial charge in [-0.1, -0.05) is 44.4 Å². The monoisotopic (exact) mass is 492 g/mol. The molecule has 192 valence electrons. The lowest BCUT2D eigenvalue weighted by Crippen LogP contribution is -2.32. The second kappa shape index (κ2) is 12.3. The third-order valence-electron chi connectivity index (χ3n) is 6.01. The predicted molar refractivity (Wildman–Crippen MR) is 139 cm³/mol. The lowest BCUT2D eigenvalue weighted by molar-refractivity contribution is -0.123. The first-order valence-electron chi connectivity index (χ1n) is 12.5. The van der Waals surface area contributed by atoms with Crippen LogP contribution < -0.4 is 0 Å². The van der Waals surface area contributed by atoms with Crippen LogP contribution in [0.25, 0.3) is 6.08 Å². The first kappa shape index (κ1) is 26.9. The van der Waals surface area contributed by atoms with E-state index in [1.165, 1.54) is 16.9 Å². The van der Waals surface area contributed by atoms with Crippen LogP contribution in [0, 0.1) is 0 Å². The lowest BCUT2D eigenvalue weighted by atomic mass is 10.1. The van der Waals surface area contributed by atoms with Crippen LogP contribution in [0.4, 0.5) is 4.79 Å². The Morgan fingerprint density at radius 3 is 2.36 bits per heavy atom. The minimum absolute atomic E-state index is 0.295. The van der Waals surface area contributed by atoms with Gasteiger partial charge in [0.2, 0.25) is 0 Å². The second-order valence-corrected chi connectivity index (χ2v) is 9.18. The van der Waals surface area contributed by atoms with Crippen molar-refractivity contribution in [2.24, 2.45) is 0 Å². The Hall–Kier alpha value is -3.68. The van der Waals surface area contributed by atoms with Gasteiger partial charge >= 0.3 is 12.0 Å². The van der Waals surface area contributed by atoms with Gasteiger partial charge in [0.1, 0.15) is 11.5 Å². The maximum absolute atomic E-state index is 13.3. The summed E-state index contributed by atoms with van der Waals surface area (Å²) in [5.74, 6) is 0.236. The van der Waals surface area contributed by atoms with Gasteiger partial charge in [0, 0.05) is 25.7 Å². The summed E-state index contributed by atoms with van der Waals surface area (Å²) in [5.41, 5.74) is 3.46. The van der Waals surface area contributed by atoms with E-state index in [0.717, 1.165) is 54.8 Å². The van der Waals surface area contributed by atoms with Crippen LogP contribution in [-0.2, 0) is 22.5 Å². The minimum atomic E-state index is -0.380. The van der Waals surface area contributed by atoms with Crippen molar-refractivity contribution in [3.63, 3.8) is 0 Å². The molecule has 0 radical (unpaired) electrons. The lowest BCUT2D eigenvalue weighted by Gasteiger charge is -2.14. The molecule has 0 unspecified atom stereocenters. The van der Waals surface area contributed by atoms with Gasteiger partial charge < -0.3 is 9.30 Å². The van der Waals surface area contributed by atoms with Gasteiger partial charge in [-0.2, -0.15) is 0 Å². The molecule has 2 aromatic rings. The number of urea groups is 1. The molecule has 0 atom stereocenters. The van der Waals surface area contributed by atoms with Crippen molar-refractivity contribution in [1.82, 2.24) is 19.4 Å². The SMILES string of the molecule is CCCCc1ncc(/C=C2/C(=O)N(CCCC)C(=O)N2C=C(C)C)n1Cc1ccc(C(=O)OC)cc1. The molecule has 8 heteroatoms. The van der Waals surface area contributed by atoms with Crippen molar-refractivity contribution < 1.29 is 19.1 Å². The van der Waals surface area contributed by atoms with Crippen LogP contribution in [-0.4, -0.2) is 50.9 Å². The van der Waals surface area contributed by atoms with Gasteiger partial charge in [-0.15, -0.1) is 0 Å². The number of methoxy groups -OCH3 is 1. The molecule has 1 aliphatic heterocycles. The van der Waals surface area contributed by atoms with Crippen LogP contribution in [0.1, 0.15) is 80.8 Å². The van der Waals surface area contributed by atoms with E-state index in [4.69, 9.17) is 4.74 Å². The standard InChI is InChI=1S/C28H36N4O4/c1-6-8-10-25-29-17-23(31(25)19-21-11-13-22(14-12-21)27(34)36-5)16-24-26(33)30(15-9-7-2)28(35)32(24)18-20(3)4/h11-14,16-18H,6-10,15,19H2,1-5H3/b24-16-. The summed E-state index contributed by atoms with van der Waals surface area (Å²) in [7, 11) is 1.36. The largest absolute Gasteiger partial charge is 0.465 e. The first-order valence-corrected chi connectivity index (χ1v) is 12.5. The molecule has 0 bridgehead atoms. The molecular formula is C28H36N4O4. The van der Waals surface area contributed by atoms with Crippen LogP contribution in [0.3, 0.4) is 0 Å². The molecular weight excluding hydrogens is 456 g/mol. The van der Waals surface area contributed by atoms with Gasteiger partial charge in [0.15, 0.2) is 0 Å². The highest BCUT2D eigenvalue weighted by Gasteiger charge is 2.39. The van der Waals surface area contributed by atoms with Gasteiger partial charge in [-0.05, 0) is 50.5 Å². The maximum Gasteiger partial charge on any atom is 0.337 e. The second-order valence-electron chi connectivity index (χ2n) is 9.18. The molecule has 1 saturated heterocycles. The zero-order valence-electron chi connectivity index (χ0n) is 21.9. The zero-order chi connectivity index (χ0) is 26.2. The van der Waals surface area contributed by atoms with Crippen molar-refractivity contribution in [3.05, 3.63) is 70.6 Å². The van der Waals surface area contributed by atoms with Gasteiger partial charge in [-0.3, -0.25) is 14.6 Å². The van der Waals surface area contributed by atoms with Gasteiger partial charge in [0.05, 0.1) is 24.6 Å². The number of imide groups is 1. The summed E-state index contributed by atoms with van der Waals surface area (Å²) in [6, 6.07) is 6.93. The number of aromatic nitrogens is 2. The number of amides is 3. The fourth-order valence-electron chi connectivity index (χ4n) is 4.04. The zero-order valence-corrected chi connectivity index (χ0v) is 21.9. The number of rotatable bonds is 11. The number of hydrogen-bond donors (Lipinski definition) is 0. The van der Waals surface area contributed by atoms with E-state index in [9.17, 15) is 14.4 Å². The topological polar surface area (TPSA) is 84.7 Å². The average molecular weight is 493 g/mol. The van der Waals surface area contributed by atoms with E-state index in [1.54, 1.807) is 30.6 Å². The van der Waals surface area contributed by atoms with E-state index < -0.39 is 0 Å². The number of imidazole rings is 1. The van der Waals surface area contributed by atoms with Crippen LogP contribution >= 0.6 is 0 Å². The Balaban J connectivity index is 2.02. The molecule has 0 aliphatic carbocycles. The molecule has 0 saturated carbocycles. The number of benzene rings is 1. The molecule has 1 fully saturated rings. The van der Waals surface area contributed by atoms with Crippen molar-refractivity contribution in [3.8, 4) is 0 Å². The number of hydrogen-bond acceptors (Lipinski definition) is 5. The Bertz CT molecular complexity index is 1160. The third-order valence-corrected chi connectivity index (χ3v) is 6.01. The van der Waals surface area contributed by atoms with Crippen LogP contribution in [0.2, 0.25) is 0 Å².